The number of benzene rings is 3. The maximum absolute atomic E-state index is 5.40. The van der Waals surface area contributed by atoms with E-state index in [9.17, 15) is 0 Å². The molecule has 5 rings (SSSR count). The largest absolute Gasteiger partial charge is 0.497 e. The summed E-state index contributed by atoms with van der Waals surface area (Å²) in [6, 6.07) is 27.9. The summed E-state index contributed by atoms with van der Waals surface area (Å²) in [4.78, 5) is 8.86. The Labute approximate surface area is 214 Å². The Balaban J connectivity index is 1.68. The molecule has 0 saturated heterocycles. The first kappa shape index (κ1) is 23.7. The van der Waals surface area contributed by atoms with Crippen LogP contribution >= 0.6 is 0 Å². The third-order valence-electron chi connectivity index (χ3n) is 7.41. The third kappa shape index (κ3) is 4.13. The molecule has 4 nitrogen and oxygen atoms in total. The highest BCUT2D eigenvalue weighted by molar-refractivity contribution is 5.80. The Morgan fingerprint density at radius 3 is 2.22 bits per heavy atom. The molecule has 1 aliphatic rings. The summed E-state index contributed by atoms with van der Waals surface area (Å²) in [7, 11) is 3.87. The number of ether oxygens (including phenoxy) is 1. The standard InChI is InChI=1S/C32H33N3O/c1-6-24-21-23-22-27(13-16-30(23)34(4)31-10-8-7-9-29(31)32(24,2)3)35(26-17-19-33-20-18-26)25-11-14-28(36-5)15-12-25/h6-20,22H,21H2,1-5H3/b24-6+. The summed E-state index contributed by atoms with van der Waals surface area (Å²) in [5.41, 5.74) is 9.72. The van der Waals surface area contributed by atoms with Gasteiger partial charge in [-0.2, -0.15) is 0 Å². The second-order valence-electron chi connectivity index (χ2n) is 9.74. The lowest BCUT2D eigenvalue weighted by molar-refractivity contribution is 0.415. The highest BCUT2D eigenvalue weighted by Gasteiger charge is 2.32. The van der Waals surface area contributed by atoms with Gasteiger partial charge in [0.2, 0.25) is 0 Å². The van der Waals surface area contributed by atoms with E-state index in [4.69, 9.17) is 4.74 Å². The van der Waals surface area contributed by atoms with E-state index in [0.717, 1.165) is 29.2 Å². The SMILES string of the molecule is C/C=C1\Cc2cc(N(c3ccncc3)c3ccc(OC)cc3)ccc2N(C)c2ccccc2C1(C)C. The summed E-state index contributed by atoms with van der Waals surface area (Å²) in [5.74, 6) is 0.840. The fraction of sp³-hybridized carbons (Fsp3) is 0.219. The minimum atomic E-state index is -0.0753. The van der Waals surface area contributed by atoms with Crippen LogP contribution in [0.15, 0.2) is 103 Å². The number of pyridine rings is 1. The van der Waals surface area contributed by atoms with E-state index >= 15 is 0 Å². The second-order valence-corrected chi connectivity index (χ2v) is 9.74. The lowest BCUT2D eigenvalue weighted by Crippen LogP contribution is -2.28. The predicted octanol–water partition coefficient (Wildman–Crippen LogP) is 8.11. The molecular weight excluding hydrogens is 442 g/mol. The molecule has 0 unspecified atom stereocenters. The summed E-state index contributed by atoms with van der Waals surface area (Å²) < 4.78 is 5.40. The third-order valence-corrected chi connectivity index (χ3v) is 7.41. The van der Waals surface area contributed by atoms with Gasteiger partial charge < -0.3 is 14.5 Å². The predicted molar refractivity (Wildman–Crippen MR) is 150 cm³/mol. The maximum Gasteiger partial charge on any atom is 0.119 e. The van der Waals surface area contributed by atoms with Crippen molar-refractivity contribution in [2.75, 3.05) is 24.0 Å². The molecule has 0 fully saturated rings. The van der Waals surface area contributed by atoms with Gasteiger partial charge >= 0.3 is 0 Å². The van der Waals surface area contributed by atoms with Crippen molar-refractivity contribution in [2.45, 2.75) is 32.6 Å². The average Bonchev–Trinajstić information content (AvgIpc) is 2.92. The van der Waals surface area contributed by atoms with Crippen molar-refractivity contribution < 1.29 is 4.74 Å². The van der Waals surface area contributed by atoms with E-state index in [-0.39, 0.29) is 5.41 Å². The van der Waals surface area contributed by atoms with Crippen LogP contribution in [0.25, 0.3) is 0 Å². The van der Waals surface area contributed by atoms with Crippen LogP contribution in [-0.4, -0.2) is 19.1 Å². The van der Waals surface area contributed by atoms with Crippen LogP contribution in [-0.2, 0) is 11.8 Å². The monoisotopic (exact) mass is 475 g/mol. The van der Waals surface area contributed by atoms with E-state index in [0.29, 0.717) is 0 Å². The van der Waals surface area contributed by atoms with Gasteiger partial charge in [0, 0.05) is 53.3 Å². The number of rotatable bonds is 4. The summed E-state index contributed by atoms with van der Waals surface area (Å²) in [5, 5.41) is 0. The van der Waals surface area contributed by atoms with Gasteiger partial charge in [-0.05, 0) is 85.1 Å². The zero-order chi connectivity index (χ0) is 25.3. The molecule has 0 radical (unpaired) electrons. The second kappa shape index (κ2) is 9.54. The van der Waals surface area contributed by atoms with Gasteiger partial charge in [-0.15, -0.1) is 0 Å². The number of para-hydroxylation sites is 1. The van der Waals surface area contributed by atoms with Gasteiger partial charge in [0.05, 0.1) is 7.11 Å². The molecule has 1 aromatic heterocycles. The van der Waals surface area contributed by atoms with E-state index < -0.39 is 0 Å². The number of allylic oxidation sites excluding steroid dienone is 2. The molecule has 36 heavy (non-hydrogen) atoms. The molecule has 182 valence electrons. The minimum absolute atomic E-state index is 0.0753. The zero-order valence-corrected chi connectivity index (χ0v) is 21.7. The van der Waals surface area contributed by atoms with E-state index in [2.05, 4.69) is 103 Å². The molecule has 4 aromatic rings. The van der Waals surface area contributed by atoms with Crippen molar-refractivity contribution in [3.05, 3.63) is 114 Å². The first-order valence-electron chi connectivity index (χ1n) is 12.4. The minimum Gasteiger partial charge on any atom is -0.497 e. The van der Waals surface area contributed by atoms with Gasteiger partial charge in [-0.3, -0.25) is 4.98 Å². The first-order valence-corrected chi connectivity index (χ1v) is 12.4. The van der Waals surface area contributed by atoms with Crippen LogP contribution in [0.3, 0.4) is 0 Å². The molecule has 0 saturated carbocycles. The van der Waals surface area contributed by atoms with Gasteiger partial charge in [0.1, 0.15) is 5.75 Å². The molecule has 2 heterocycles. The number of hydrogen-bond acceptors (Lipinski definition) is 4. The number of hydrogen-bond donors (Lipinski definition) is 0. The van der Waals surface area contributed by atoms with E-state index in [1.165, 1.54) is 28.1 Å². The summed E-state index contributed by atoms with van der Waals surface area (Å²) >= 11 is 0. The Bertz CT molecular complexity index is 1390. The highest BCUT2D eigenvalue weighted by Crippen LogP contribution is 2.46. The number of methoxy groups -OCH3 is 1. The van der Waals surface area contributed by atoms with Crippen LogP contribution in [0.4, 0.5) is 28.4 Å². The van der Waals surface area contributed by atoms with Crippen molar-refractivity contribution in [2.24, 2.45) is 0 Å². The van der Waals surface area contributed by atoms with E-state index in [1.54, 1.807) is 7.11 Å². The van der Waals surface area contributed by atoms with Gasteiger partial charge in [-0.1, -0.05) is 43.7 Å². The Morgan fingerprint density at radius 1 is 0.861 bits per heavy atom. The smallest absolute Gasteiger partial charge is 0.119 e. The lowest BCUT2D eigenvalue weighted by atomic mass is 9.73. The molecule has 0 aliphatic carbocycles. The number of anilines is 5. The molecule has 1 aliphatic heterocycles. The van der Waals surface area contributed by atoms with Crippen molar-refractivity contribution in [1.82, 2.24) is 4.98 Å². The van der Waals surface area contributed by atoms with Gasteiger partial charge in [0.25, 0.3) is 0 Å². The van der Waals surface area contributed by atoms with Crippen molar-refractivity contribution in [3.63, 3.8) is 0 Å². The van der Waals surface area contributed by atoms with Crippen LogP contribution in [0.2, 0.25) is 0 Å². The Kier molecular flexibility index (Phi) is 6.27. The number of aromatic nitrogens is 1. The van der Waals surface area contributed by atoms with E-state index in [1.807, 2.05) is 36.7 Å². The fourth-order valence-electron chi connectivity index (χ4n) is 5.34. The van der Waals surface area contributed by atoms with Crippen LogP contribution < -0.4 is 14.5 Å². The van der Waals surface area contributed by atoms with Crippen molar-refractivity contribution in [1.29, 1.82) is 0 Å². The van der Waals surface area contributed by atoms with Crippen LogP contribution in [0, 0.1) is 0 Å². The summed E-state index contributed by atoms with van der Waals surface area (Å²) in [6.07, 6.45) is 6.86. The molecule has 0 bridgehead atoms. The number of nitrogens with zero attached hydrogens (tertiary/aromatic N) is 3. The summed E-state index contributed by atoms with van der Waals surface area (Å²) in [6.45, 7) is 6.84. The Hall–Kier alpha value is -4.05. The van der Waals surface area contributed by atoms with Crippen molar-refractivity contribution >= 4 is 28.4 Å². The van der Waals surface area contributed by atoms with Crippen LogP contribution in [0.5, 0.6) is 5.75 Å². The fourth-order valence-corrected chi connectivity index (χ4v) is 5.34. The topological polar surface area (TPSA) is 28.6 Å². The molecule has 0 atom stereocenters. The first-order chi connectivity index (χ1) is 17.4. The van der Waals surface area contributed by atoms with Gasteiger partial charge in [-0.25, -0.2) is 0 Å². The molecule has 0 amide bonds. The van der Waals surface area contributed by atoms with Crippen molar-refractivity contribution in [3.8, 4) is 5.75 Å². The molecule has 4 heteroatoms. The van der Waals surface area contributed by atoms with Crippen LogP contribution in [0.1, 0.15) is 31.9 Å². The zero-order valence-electron chi connectivity index (χ0n) is 21.7. The quantitative estimate of drug-likeness (QED) is 0.279. The maximum atomic E-state index is 5.40. The molecule has 0 spiro atoms. The highest BCUT2D eigenvalue weighted by atomic mass is 16.5. The molecular formula is C32H33N3O. The average molecular weight is 476 g/mol. The molecule has 3 aromatic carbocycles. The normalized spacial score (nSPS) is 15.5. The van der Waals surface area contributed by atoms with Gasteiger partial charge in [0.15, 0.2) is 0 Å². The Morgan fingerprint density at radius 2 is 1.53 bits per heavy atom. The number of fused-ring (bicyclic) bond motifs is 2. The lowest BCUT2D eigenvalue weighted by Gasteiger charge is -2.38. The molecule has 0 N–H and O–H groups in total.